The number of ether oxygens (including phenoxy) is 1. The summed E-state index contributed by atoms with van der Waals surface area (Å²) < 4.78 is 20.9. The number of halogens is 1. The number of likely N-dealkylation sites (N-methyl/N-ethyl adjacent to an activating group) is 1. The van der Waals surface area contributed by atoms with Crippen molar-refractivity contribution in [2.45, 2.75) is 111 Å². The van der Waals surface area contributed by atoms with Gasteiger partial charge in [0.05, 0.1) is 26.4 Å². The van der Waals surface area contributed by atoms with Crippen molar-refractivity contribution in [2.75, 3.05) is 34.4 Å². The minimum Gasteiger partial charge on any atom is -0.496 e. The van der Waals surface area contributed by atoms with Crippen molar-refractivity contribution in [1.82, 2.24) is 20.2 Å². The Morgan fingerprint density at radius 3 is 2.43 bits per heavy atom. The van der Waals surface area contributed by atoms with Crippen molar-refractivity contribution in [1.29, 1.82) is 0 Å². The Bertz CT molecular complexity index is 1460. The number of benzene rings is 2. The largest absolute Gasteiger partial charge is 0.496 e. The van der Waals surface area contributed by atoms with E-state index in [4.69, 9.17) is 9.57 Å². The summed E-state index contributed by atoms with van der Waals surface area (Å²) in [6.07, 6.45) is 1.56. The summed E-state index contributed by atoms with van der Waals surface area (Å²) in [5.74, 6) is 1.48. The van der Waals surface area contributed by atoms with Gasteiger partial charge >= 0.3 is 0 Å². The molecule has 3 aliphatic carbocycles. The first-order valence-corrected chi connectivity index (χ1v) is 18.9. The molecule has 9 atom stereocenters. The molecule has 2 aromatic rings. The molecule has 0 radical (unpaired) electrons. The first-order chi connectivity index (χ1) is 24.1. The molecule has 9 nitrogen and oxygen atoms in total. The third kappa shape index (κ3) is 8.79. The molecule has 1 heterocycles. The van der Waals surface area contributed by atoms with Gasteiger partial charge in [-0.2, -0.15) is 5.06 Å². The number of hydroxylamine groups is 2. The molecule has 1 saturated heterocycles. The van der Waals surface area contributed by atoms with E-state index in [-0.39, 0.29) is 30.4 Å². The second kappa shape index (κ2) is 16.6. The molecule has 10 heteroatoms. The topological polar surface area (TPSA) is 97.7 Å². The van der Waals surface area contributed by atoms with Crippen molar-refractivity contribution < 1.29 is 29.0 Å². The standard InChI is InChI=1S/C41H63FN4O5/c1-25(2)16-31(22-44(7)8)45(23-32-34(42)14-11-15-36(32)50-9)20-28-12-10-13-29(17-28)21-46-39(38(27(4)48)37(24-47)51-46)40(49)43-35-19-30-18-33(26(35)3)41(30,5)6/h10-15,17,25-27,30-31,33,35,37-39,47-48H,16,18-24H2,1-9H3,(H,43,49)/t26-,27+,30?,31+,33?,35+,37+,38-,39+/m1/s1. The minimum atomic E-state index is -0.858. The number of aliphatic hydroxyl groups is 2. The van der Waals surface area contributed by atoms with E-state index >= 15 is 4.39 Å². The van der Waals surface area contributed by atoms with E-state index in [1.807, 2.05) is 18.2 Å². The van der Waals surface area contributed by atoms with E-state index in [9.17, 15) is 15.0 Å². The number of carbonyl (C=O) groups is 1. The SMILES string of the molecule is COc1cccc(F)c1CN(Cc1cccc(CN2O[C@@H](CO)[C@@H]([C@H](C)O)[C@H]2C(=O)N[C@H]2CC3CC([C@H]2C)C3(C)C)c1)[C@@H](CC(C)C)CN(C)C. The lowest BCUT2D eigenvalue weighted by Gasteiger charge is -2.62. The van der Waals surface area contributed by atoms with E-state index in [0.29, 0.717) is 60.0 Å². The van der Waals surface area contributed by atoms with Gasteiger partial charge in [-0.1, -0.05) is 65.0 Å². The number of nitrogens with zero attached hydrogens (tertiary/aromatic N) is 3. The zero-order valence-electron chi connectivity index (χ0n) is 32.3. The van der Waals surface area contributed by atoms with E-state index in [1.54, 1.807) is 25.2 Å². The van der Waals surface area contributed by atoms with E-state index in [1.165, 1.54) is 12.5 Å². The molecule has 6 rings (SSSR count). The van der Waals surface area contributed by atoms with Crippen molar-refractivity contribution >= 4 is 5.91 Å². The summed E-state index contributed by atoms with van der Waals surface area (Å²) in [6.45, 7) is 14.8. The van der Waals surface area contributed by atoms with Gasteiger partial charge in [-0.25, -0.2) is 4.39 Å². The fourth-order valence-electron chi connectivity index (χ4n) is 9.43. The molecule has 0 spiro atoms. The maximum atomic E-state index is 15.3. The molecule has 1 aliphatic heterocycles. The highest BCUT2D eigenvalue weighted by Crippen LogP contribution is 2.61. The number of methoxy groups -OCH3 is 1. The molecule has 4 fully saturated rings. The van der Waals surface area contributed by atoms with Crippen LogP contribution in [-0.2, 0) is 29.3 Å². The van der Waals surface area contributed by atoms with Crippen LogP contribution in [0.25, 0.3) is 0 Å². The molecule has 284 valence electrons. The second-order valence-corrected chi connectivity index (χ2v) is 16.9. The Morgan fingerprint density at radius 1 is 1.12 bits per heavy atom. The first-order valence-electron chi connectivity index (χ1n) is 18.9. The summed E-state index contributed by atoms with van der Waals surface area (Å²) in [5.41, 5.74) is 2.84. The Hall–Kier alpha value is -2.60. The van der Waals surface area contributed by atoms with Gasteiger partial charge in [-0.3, -0.25) is 14.5 Å². The lowest BCUT2D eigenvalue weighted by atomic mass is 9.45. The highest BCUT2D eigenvalue weighted by Gasteiger charge is 2.57. The molecule has 2 bridgehead atoms. The zero-order valence-corrected chi connectivity index (χ0v) is 32.3. The van der Waals surface area contributed by atoms with Crippen LogP contribution < -0.4 is 10.1 Å². The van der Waals surface area contributed by atoms with Crippen LogP contribution in [-0.4, -0.2) is 95.7 Å². The zero-order chi connectivity index (χ0) is 37.2. The smallest absolute Gasteiger partial charge is 0.240 e. The number of hydrogen-bond acceptors (Lipinski definition) is 8. The third-order valence-corrected chi connectivity index (χ3v) is 12.3. The van der Waals surface area contributed by atoms with Crippen molar-refractivity contribution in [3.05, 3.63) is 65.0 Å². The summed E-state index contributed by atoms with van der Waals surface area (Å²) in [4.78, 5) is 24.9. The maximum Gasteiger partial charge on any atom is 0.240 e. The van der Waals surface area contributed by atoms with Crippen LogP contribution in [0, 0.1) is 40.8 Å². The van der Waals surface area contributed by atoms with Crippen LogP contribution in [0.2, 0.25) is 0 Å². The van der Waals surface area contributed by atoms with Crippen LogP contribution in [0.3, 0.4) is 0 Å². The lowest BCUT2D eigenvalue weighted by Crippen LogP contribution is -2.62. The van der Waals surface area contributed by atoms with E-state index in [0.717, 1.165) is 30.5 Å². The third-order valence-electron chi connectivity index (χ3n) is 12.3. The van der Waals surface area contributed by atoms with Gasteiger partial charge in [0.15, 0.2) is 0 Å². The van der Waals surface area contributed by atoms with Crippen molar-refractivity contribution in [3.63, 3.8) is 0 Å². The number of nitrogens with one attached hydrogen (secondary N) is 1. The monoisotopic (exact) mass is 710 g/mol. The summed E-state index contributed by atoms with van der Waals surface area (Å²) in [5, 5.41) is 26.2. The van der Waals surface area contributed by atoms with Crippen LogP contribution in [0.4, 0.5) is 4.39 Å². The number of hydrogen-bond donors (Lipinski definition) is 3. The Balaban J connectivity index is 1.39. The predicted octanol–water partition coefficient (Wildman–Crippen LogP) is 5.47. The van der Waals surface area contributed by atoms with Gasteiger partial charge in [0.2, 0.25) is 5.91 Å². The number of rotatable bonds is 16. The second-order valence-electron chi connectivity index (χ2n) is 16.9. The molecule has 0 aromatic heterocycles. The van der Waals surface area contributed by atoms with Gasteiger partial charge in [0, 0.05) is 43.2 Å². The average molecular weight is 711 g/mol. The molecular formula is C41H63FN4O5. The molecule has 3 saturated carbocycles. The fraction of sp³-hybridized carbons (Fsp3) is 0.683. The predicted molar refractivity (Wildman–Crippen MR) is 198 cm³/mol. The number of fused-ring (bicyclic) bond motifs is 2. The van der Waals surface area contributed by atoms with Crippen molar-refractivity contribution in [3.8, 4) is 5.75 Å². The molecule has 2 unspecified atom stereocenters. The summed E-state index contributed by atoms with van der Waals surface area (Å²) >= 11 is 0. The van der Waals surface area contributed by atoms with Gasteiger partial charge in [-0.05, 0) is 92.6 Å². The Kier molecular flexibility index (Phi) is 12.9. The number of aliphatic hydroxyl groups excluding tert-OH is 2. The van der Waals surface area contributed by atoms with Gasteiger partial charge in [-0.15, -0.1) is 0 Å². The Morgan fingerprint density at radius 2 is 1.82 bits per heavy atom. The van der Waals surface area contributed by atoms with Crippen LogP contribution in [0.5, 0.6) is 5.75 Å². The lowest BCUT2D eigenvalue weighted by molar-refractivity contribution is -0.183. The van der Waals surface area contributed by atoms with Gasteiger partial charge in [0.25, 0.3) is 0 Å². The molecule has 1 amide bonds. The highest BCUT2D eigenvalue weighted by atomic mass is 19.1. The quantitative estimate of drug-likeness (QED) is 0.211. The normalized spacial score (nSPS) is 28.6. The maximum absolute atomic E-state index is 15.3. The van der Waals surface area contributed by atoms with Crippen LogP contribution in [0.1, 0.15) is 77.5 Å². The molecule has 51 heavy (non-hydrogen) atoms. The van der Waals surface area contributed by atoms with Gasteiger partial charge < -0.3 is 25.2 Å². The van der Waals surface area contributed by atoms with Crippen LogP contribution >= 0.6 is 0 Å². The molecular weight excluding hydrogens is 647 g/mol. The summed E-state index contributed by atoms with van der Waals surface area (Å²) in [6, 6.07) is 12.7. The summed E-state index contributed by atoms with van der Waals surface area (Å²) in [7, 11) is 5.71. The molecule has 2 aromatic carbocycles. The molecule has 3 N–H and O–H groups in total. The first kappa shape index (κ1) is 39.6. The average Bonchev–Trinajstić information content (AvgIpc) is 3.43. The highest BCUT2D eigenvalue weighted by molar-refractivity contribution is 5.82. The van der Waals surface area contributed by atoms with Crippen LogP contribution in [0.15, 0.2) is 42.5 Å². The van der Waals surface area contributed by atoms with E-state index < -0.39 is 24.2 Å². The Labute approximate surface area is 305 Å². The minimum absolute atomic E-state index is 0.0716. The molecule has 4 aliphatic rings. The van der Waals surface area contributed by atoms with Gasteiger partial charge in [0.1, 0.15) is 23.7 Å². The number of carbonyl (C=O) groups excluding carboxylic acids is 1. The van der Waals surface area contributed by atoms with E-state index in [2.05, 4.69) is 76.0 Å². The fourth-order valence-corrected chi connectivity index (χ4v) is 9.43. The van der Waals surface area contributed by atoms with Crippen molar-refractivity contribution in [2.24, 2.45) is 35.0 Å². The number of amides is 1.